The van der Waals surface area contributed by atoms with Crippen molar-refractivity contribution >= 4 is 21.6 Å². The van der Waals surface area contributed by atoms with Gasteiger partial charge in [-0.2, -0.15) is 5.06 Å². The monoisotopic (exact) mass is 332 g/mol. The molecule has 7 heteroatoms. The Morgan fingerprint density at radius 3 is 2.57 bits per heavy atom. The van der Waals surface area contributed by atoms with Crippen LogP contribution in [0.2, 0.25) is 5.02 Å². The smallest absolute Gasteiger partial charge is 0.218 e. The maximum Gasteiger partial charge on any atom is 0.218 e. The molecule has 2 atom stereocenters. The molecule has 0 saturated carbocycles. The number of hydrogen-bond acceptors (Lipinski definition) is 4. The first-order chi connectivity index (χ1) is 9.81. The fourth-order valence-corrected chi connectivity index (χ4v) is 4.14. The van der Waals surface area contributed by atoms with Crippen molar-refractivity contribution in [2.45, 2.75) is 25.1 Å². The first kappa shape index (κ1) is 16.7. The van der Waals surface area contributed by atoms with E-state index in [-0.39, 0.29) is 18.6 Å². The predicted octanol–water partition coefficient (Wildman–Crippen LogP) is 2.20. The van der Waals surface area contributed by atoms with Gasteiger partial charge in [0.1, 0.15) is 5.25 Å². The van der Waals surface area contributed by atoms with E-state index in [0.717, 1.165) is 5.56 Å². The van der Waals surface area contributed by atoms with E-state index in [4.69, 9.17) is 16.4 Å². The van der Waals surface area contributed by atoms with Crippen LogP contribution in [0.1, 0.15) is 25.5 Å². The van der Waals surface area contributed by atoms with Gasteiger partial charge in [0.25, 0.3) is 0 Å². The Balaban J connectivity index is 2.24. The maximum absolute atomic E-state index is 12.5. The topological polar surface area (TPSA) is 58.6 Å². The minimum absolute atomic E-state index is 0.150. The van der Waals surface area contributed by atoms with Gasteiger partial charge in [0.05, 0.1) is 12.6 Å². The zero-order valence-electron chi connectivity index (χ0n) is 12.4. The Kier molecular flexibility index (Phi) is 5.27. The number of nitrogens with zero attached hydrogens (tertiary/aromatic N) is 1. The molecule has 1 saturated heterocycles. The standard InChI is InChI=1S/C14H21ClN2O3S/c1-10(2)8-16-21(18,19)13-9-20-17(3)14(13)11-4-6-12(15)7-5-11/h4-7,10,13-14,16H,8-9H2,1-3H3. The Bertz CT molecular complexity index is 574. The number of rotatable bonds is 5. The van der Waals surface area contributed by atoms with Crippen LogP contribution in [0.5, 0.6) is 0 Å². The molecular formula is C14H21ClN2O3S. The summed E-state index contributed by atoms with van der Waals surface area (Å²) >= 11 is 5.89. The van der Waals surface area contributed by atoms with Gasteiger partial charge < -0.3 is 0 Å². The summed E-state index contributed by atoms with van der Waals surface area (Å²) in [4.78, 5) is 5.44. The zero-order valence-corrected chi connectivity index (χ0v) is 14.0. The molecule has 21 heavy (non-hydrogen) atoms. The van der Waals surface area contributed by atoms with E-state index in [0.29, 0.717) is 11.6 Å². The zero-order chi connectivity index (χ0) is 15.6. The van der Waals surface area contributed by atoms with Gasteiger partial charge in [-0.05, 0) is 23.6 Å². The van der Waals surface area contributed by atoms with Crippen LogP contribution in [0, 0.1) is 5.92 Å². The molecule has 0 bridgehead atoms. The Morgan fingerprint density at radius 2 is 2.00 bits per heavy atom. The first-order valence-electron chi connectivity index (χ1n) is 6.91. The summed E-state index contributed by atoms with van der Waals surface area (Å²) in [6, 6.07) is 6.85. The quantitative estimate of drug-likeness (QED) is 0.898. The summed E-state index contributed by atoms with van der Waals surface area (Å²) in [6.45, 7) is 4.51. The molecule has 0 spiro atoms. The summed E-state index contributed by atoms with van der Waals surface area (Å²) in [5.74, 6) is 0.258. The maximum atomic E-state index is 12.5. The number of benzene rings is 1. The molecule has 5 nitrogen and oxygen atoms in total. The van der Waals surface area contributed by atoms with Crippen molar-refractivity contribution in [1.82, 2.24) is 9.79 Å². The van der Waals surface area contributed by atoms with Crippen molar-refractivity contribution in [1.29, 1.82) is 0 Å². The molecule has 1 aromatic carbocycles. The van der Waals surface area contributed by atoms with Crippen molar-refractivity contribution in [3.8, 4) is 0 Å². The molecule has 118 valence electrons. The largest absolute Gasteiger partial charge is 0.297 e. The SMILES string of the molecule is CC(C)CNS(=O)(=O)C1CON(C)C1c1ccc(Cl)cc1. The van der Waals surface area contributed by atoms with Crippen LogP contribution in [-0.4, -0.2) is 38.9 Å². The van der Waals surface area contributed by atoms with Crippen LogP contribution in [0.25, 0.3) is 0 Å². The van der Waals surface area contributed by atoms with Gasteiger partial charge in [0, 0.05) is 18.6 Å². The van der Waals surface area contributed by atoms with Gasteiger partial charge in [-0.25, -0.2) is 13.1 Å². The second-order valence-electron chi connectivity index (χ2n) is 5.66. The van der Waals surface area contributed by atoms with Gasteiger partial charge >= 0.3 is 0 Å². The van der Waals surface area contributed by atoms with E-state index in [1.807, 2.05) is 26.0 Å². The Hall–Kier alpha value is -0.660. The van der Waals surface area contributed by atoms with Crippen LogP contribution < -0.4 is 4.72 Å². The van der Waals surface area contributed by atoms with E-state index in [2.05, 4.69) is 4.72 Å². The molecule has 1 aliphatic heterocycles. The summed E-state index contributed by atoms with van der Waals surface area (Å²) in [5, 5.41) is 1.59. The molecule has 2 unspecified atom stereocenters. The van der Waals surface area contributed by atoms with Gasteiger partial charge in [0.15, 0.2) is 0 Å². The Labute approximate surface area is 131 Å². The molecule has 1 fully saturated rings. The molecule has 0 radical (unpaired) electrons. The van der Waals surface area contributed by atoms with Crippen molar-refractivity contribution in [3.63, 3.8) is 0 Å². The third-order valence-corrected chi connectivity index (χ3v) is 5.50. The van der Waals surface area contributed by atoms with Gasteiger partial charge in [-0.1, -0.05) is 37.6 Å². The van der Waals surface area contributed by atoms with Crippen molar-refractivity contribution in [3.05, 3.63) is 34.9 Å². The lowest BCUT2D eigenvalue weighted by molar-refractivity contribution is -0.110. The highest BCUT2D eigenvalue weighted by atomic mass is 35.5. The number of halogens is 1. The summed E-state index contributed by atoms with van der Waals surface area (Å²) < 4.78 is 27.7. The molecule has 2 rings (SSSR count). The highest BCUT2D eigenvalue weighted by Crippen LogP contribution is 2.33. The summed E-state index contributed by atoms with van der Waals surface area (Å²) in [5.41, 5.74) is 0.874. The van der Waals surface area contributed by atoms with Gasteiger partial charge in [0.2, 0.25) is 10.0 Å². The van der Waals surface area contributed by atoms with E-state index in [1.165, 1.54) is 0 Å². The number of hydrogen-bond donors (Lipinski definition) is 1. The second kappa shape index (κ2) is 6.62. The number of nitrogens with one attached hydrogen (secondary N) is 1. The molecule has 0 amide bonds. The minimum atomic E-state index is -3.45. The van der Waals surface area contributed by atoms with Crippen LogP contribution in [0.3, 0.4) is 0 Å². The third kappa shape index (κ3) is 3.96. The lowest BCUT2D eigenvalue weighted by Crippen LogP contribution is -2.40. The highest BCUT2D eigenvalue weighted by molar-refractivity contribution is 7.90. The number of hydroxylamine groups is 2. The molecule has 1 aromatic rings. The van der Waals surface area contributed by atoms with Crippen LogP contribution in [-0.2, 0) is 14.9 Å². The molecule has 1 N–H and O–H groups in total. The fraction of sp³-hybridized carbons (Fsp3) is 0.571. The first-order valence-corrected chi connectivity index (χ1v) is 8.83. The molecule has 1 heterocycles. The minimum Gasteiger partial charge on any atom is -0.297 e. The number of sulfonamides is 1. The van der Waals surface area contributed by atoms with Gasteiger partial charge in [-0.15, -0.1) is 0 Å². The summed E-state index contributed by atoms with van der Waals surface area (Å²) in [6.07, 6.45) is 0. The van der Waals surface area contributed by atoms with Crippen LogP contribution in [0.4, 0.5) is 0 Å². The van der Waals surface area contributed by atoms with E-state index in [9.17, 15) is 8.42 Å². The highest BCUT2D eigenvalue weighted by Gasteiger charge is 2.42. The van der Waals surface area contributed by atoms with Crippen molar-refractivity contribution in [2.75, 3.05) is 20.2 Å². The van der Waals surface area contributed by atoms with Gasteiger partial charge in [-0.3, -0.25) is 4.84 Å². The lowest BCUT2D eigenvalue weighted by Gasteiger charge is -2.23. The van der Waals surface area contributed by atoms with E-state index < -0.39 is 15.3 Å². The average molecular weight is 333 g/mol. The normalized spacial score (nSPS) is 23.9. The van der Waals surface area contributed by atoms with Crippen LogP contribution in [0.15, 0.2) is 24.3 Å². The average Bonchev–Trinajstić information content (AvgIpc) is 2.80. The second-order valence-corrected chi connectivity index (χ2v) is 8.08. The van der Waals surface area contributed by atoms with E-state index in [1.54, 1.807) is 24.2 Å². The molecule has 0 aromatic heterocycles. The lowest BCUT2D eigenvalue weighted by atomic mass is 10.0. The Morgan fingerprint density at radius 1 is 1.38 bits per heavy atom. The van der Waals surface area contributed by atoms with Crippen molar-refractivity contribution < 1.29 is 13.3 Å². The van der Waals surface area contributed by atoms with Crippen LogP contribution >= 0.6 is 11.6 Å². The fourth-order valence-electron chi connectivity index (χ4n) is 2.33. The predicted molar refractivity (Wildman–Crippen MR) is 83.5 cm³/mol. The van der Waals surface area contributed by atoms with E-state index >= 15 is 0 Å². The summed E-state index contributed by atoms with van der Waals surface area (Å²) in [7, 11) is -1.70. The third-order valence-electron chi connectivity index (χ3n) is 3.49. The molecule has 1 aliphatic rings. The molecule has 0 aliphatic carbocycles. The van der Waals surface area contributed by atoms with Crippen molar-refractivity contribution in [2.24, 2.45) is 5.92 Å². The molecular weight excluding hydrogens is 312 g/mol.